The van der Waals surface area contributed by atoms with Crippen LogP contribution in [0.5, 0.6) is 5.75 Å². The van der Waals surface area contributed by atoms with E-state index < -0.39 is 0 Å². The SMILES string of the molecule is CNC1(Cc2cc(F)ccc2OC)CC1. The quantitative estimate of drug-likeness (QED) is 0.820. The van der Waals surface area contributed by atoms with E-state index in [-0.39, 0.29) is 11.4 Å². The van der Waals surface area contributed by atoms with Crippen molar-refractivity contribution < 1.29 is 9.13 Å². The third kappa shape index (κ3) is 2.12. The summed E-state index contributed by atoms with van der Waals surface area (Å²) < 4.78 is 18.3. The van der Waals surface area contributed by atoms with Gasteiger partial charge in [0.2, 0.25) is 0 Å². The number of nitrogens with one attached hydrogen (secondary N) is 1. The Kier molecular flexibility index (Phi) is 2.65. The predicted molar refractivity (Wildman–Crippen MR) is 57.7 cm³/mol. The van der Waals surface area contributed by atoms with E-state index in [0.717, 1.165) is 30.6 Å². The predicted octanol–water partition coefficient (Wildman–Crippen LogP) is 2.13. The first-order valence-corrected chi connectivity index (χ1v) is 5.20. The number of benzene rings is 1. The molecule has 0 amide bonds. The highest BCUT2D eigenvalue weighted by Gasteiger charge is 2.41. The van der Waals surface area contributed by atoms with Crippen LogP contribution in [0.25, 0.3) is 0 Å². The van der Waals surface area contributed by atoms with Crippen LogP contribution in [0.4, 0.5) is 4.39 Å². The normalized spacial score (nSPS) is 17.5. The highest BCUT2D eigenvalue weighted by Crippen LogP contribution is 2.39. The summed E-state index contributed by atoms with van der Waals surface area (Å²) in [5.41, 5.74) is 1.13. The van der Waals surface area contributed by atoms with Crippen LogP contribution in [0.3, 0.4) is 0 Å². The minimum atomic E-state index is -0.197. The van der Waals surface area contributed by atoms with Crippen LogP contribution in [0, 0.1) is 5.82 Å². The zero-order chi connectivity index (χ0) is 10.9. The van der Waals surface area contributed by atoms with E-state index in [1.807, 2.05) is 7.05 Å². The number of methoxy groups -OCH3 is 1. The monoisotopic (exact) mass is 209 g/mol. The van der Waals surface area contributed by atoms with E-state index in [1.54, 1.807) is 19.2 Å². The van der Waals surface area contributed by atoms with Crippen molar-refractivity contribution in [1.29, 1.82) is 0 Å². The molecule has 0 radical (unpaired) electrons. The maximum absolute atomic E-state index is 13.1. The average molecular weight is 209 g/mol. The molecule has 1 N–H and O–H groups in total. The summed E-state index contributed by atoms with van der Waals surface area (Å²) in [6.45, 7) is 0. The molecular weight excluding hydrogens is 193 g/mol. The Bertz CT molecular complexity index is 361. The van der Waals surface area contributed by atoms with E-state index in [9.17, 15) is 4.39 Å². The first-order valence-electron chi connectivity index (χ1n) is 5.20. The Morgan fingerprint density at radius 3 is 2.73 bits per heavy atom. The number of hydrogen-bond acceptors (Lipinski definition) is 2. The van der Waals surface area contributed by atoms with E-state index in [4.69, 9.17) is 4.74 Å². The second-order valence-electron chi connectivity index (χ2n) is 4.16. The van der Waals surface area contributed by atoms with Crippen molar-refractivity contribution in [3.63, 3.8) is 0 Å². The fraction of sp³-hybridized carbons (Fsp3) is 0.500. The van der Waals surface area contributed by atoms with Gasteiger partial charge in [-0.1, -0.05) is 0 Å². The molecule has 0 bridgehead atoms. The summed E-state index contributed by atoms with van der Waals surface area (Å²) in [6.07, 6.45) is 3.15. The lowest BCUT2D eigenvalue weighted by molar-refractivity contribution is 0.403. The van der Waals surface area contributed by atoms with Crippen LogP contribution in [-0.2, 0) is 6.42 Å². The Labute approximate surface area is 89.4 Å². The van der Waals surface area contributed by atoms with Gasteiger partial charge in [0.1, 0.15) is 11.6 Å². The maximum atomic E-state index is 13.1. The van der Waals surface area contributed by atoms with Gasteiger partial charge in [-0.05, 0) is 50.1 Å². The lowest BCUT2D eigenvalue weighted by Gasteiger charge is -2.16. The van der Waals surface area contributed by atoms with Crippen molar-refractivity contribution in [2.24, 2.45) is 0 Å². The third-order valence-corrected chi connectivity index (χ3v) is 3.16. The highest BCUT2D eigenvalue weighted by molar-refractivity contribution is 5.36. The standard InChI is InChI=1S/C12H16FNO/c1-14-12(5-6-12)8-9-7-10(13)3-4-11(9)15-2/h3-4,7,14H,5-6,8H2,1-2H3. The minimum Gasteiger partial charge on any atom is -0.496 e. The van der Waals surface area contributed by atoms with E-state index in [1.165, 1.54) is 6.07 Å². The van der Waals surface area contributed by atoms with Gasteiger partial charge in [-0.15, -0.1) is 0 Å². The van der Waals surface area contributed by atoms with E-state index in [0.29, 0.717) is 0 Å². The van der Waals surface area contributed by atoms with Crippen molar-refractivity contribution in [2.75, 3.05) is 14.2 Å². The number of rotatable bonds is 4. The van der Waals surface area contributed by atoms with Gasteiger partial charge in [-0.3, -0.25) is 0 Å². The van der Waals surface area contributed by atoms with Gasteiger partial charge >= 0.3 is 0 Å². The van der Waals surface area contributed by atoms with Crippen LogP contribution >= 0.6 is 0 Å². The average Bonchev–Trinajstić information content (AvgIpc) is 2.99. The summed E-state index contributed by atoms with van der Waals surface area (Å²) in [5.74, 6) is 0.579. The maximum Gasteiger partial charge on any atom is 0.123 e. The number of hydrogen-bond donors (Lipinski definition) is 1. The van der Waals surface area contributed by atoms with Gasteiger partial charge in [0.25, 0.3) is 0 Å². The largest absolute Gasteiger partial charge is 0.496 e. The molecule has 1 aromatic carbocycles. The van der Waals surface area contributed by atoms with E-state index >= 15 is 0 Å². The lowest BCUT2D eigenvalue weighted by atomic mass is 10.0. The molecule has 82 valence electrons. The number of halogens is 1. The number of ether oxygens (including phenoxy) is 1. The molecule has 3 heteroatoms. The molecule has 0 spiro atoms. The van der Waals surface area contributed by atoms with Gasteiger partial charge in [0.15, 0.2) is 0 Å². The molecule has 0 unspecified atom stereocenters. The molecule has 15 heavy (non-hydrogen) atoms. The van der Waals surface area contributed by atoms with Gasteiger partial charge in [-0.2, -0.15) is 0 Å². The Morgan fingerprint density at radius 1 is 1.47 bits per heavy atom. The Morgan fingerprint density at radius 2 is 2.20 bits per heavy atom. The van der Waals surface area contributed by atoms with Crippen molar-refractivity contribution >= 4 is 0 Å². The molecule has 1 aromatic rings. The van der Waals surface area contributed by atoms with Gasteiger partial charge in [-0.25, -0.2) is 4.39 Å². The third-order valence-electron chi connectivity index (χ3n) is 3.16. The summed E-state index contributed by atoms with van der Waals surface area (Å²) in [5, 5.41) is 3.29. The Hall–Kier alpha value is -1.09. The minimum absolute atomic E-state index is 0.182. The highest BCUT2D eigenvalue weighted by atomic mass is 19.1. The van der Waals surface area contributed by atoms with Crippen molar-refractivity contribution in [2.45, 2.75) is 24.8 Å². The molecule has 1 saturated carbocycles. The fourth-order valence-corrected chi connectivity index (χ4v) is 1.92. The first kappa shape index (κ1) is 10.4. The summed E-state index contributed by atoms with van der Waals surface area (Å²) in [6, 6.07) is 4.69. The van der Waals surface area contributed by atoms with Crippen LogP contribution in [0.2, 0.25) is 0 Å². The summed E-state index contributed by atoms with van der Waals surface area (Å²) in [4.78, 5) is 0. The van der Waals surface area contributed by atoms with Crippen molar-refractivity contribution in [1.82, 2.24) is 5.32 Å². The van der Waals surface area contributed by atoms with Crippen LogP contribution < -0.4 is 10.1 Å². The van der Waals surface area contributed by atoms with Gasteiger partial charge in [0, 0.05) is 5.54 Å². The van der Waals surface area contributed by atoms with Crippen LogP contribution in [0.1, 0.15) is 18.4 Å². The zero-order valence-corrected chi connectivity index (χ0v) is 9.14. The van der Waals surface area contributed by atoms with E-state index in [2.05, 4.69) is 5.32 Å². The molecule has 1 aliphatic rings. The molecule has 0 aliphatic heterocycles. The molecule has 0 heterocycles. The summed E-state index contributed by atoms with van der Waals surface area (Å²) >= 11 is 0. The second-order valence-corrected chi connectivity index (χ2v) is 4.16. The zero-order valence-electron chi connectivity index (χ0n) is 9.14. The molecule has 1 fully saturated rings. The first-order chi connectivity index (χ1) is 7.19. The molecular formula is C12H16FNO. The van der Waals surface area contributed by atoms with Crippen LogP contribution in [0.15, 0.2) is 18.2 Å². The molecule has 0 atom stereocenters. The van der Waals surface area contributed by atoms with Gasteiger partial charge in [0.05, 0.1) is 7.11 Å². The van der Waals surface area contributed by atoms with Gasteiger partial charge < -0.3 is 10.1 Å². The van der Waals surface area contributed by atoms with Crippen molar-refractivity contribution in [3.8, 4) is 5.75 Å². The Balaban J connectivity index is 2.22. The topological polar surface area (TPSA) is 21.3 Å². The molecule has 0 saturated heterocycles. The van der Waals surface area contributed by atoms with Crippen molar-refractivity contribution in [3.05, 3.63) is 29.6 Å². The second kappa shape index (κ2) is 3.81. The molecule has 1 aliphatic carbocycles. The van der Waals surface area contributed by atoms with Crippen LogP contribution in [-0.4, -0.2) is 19.7 Å². The molecule has 2 rings (SSSR count). The fourth-order valence-electron chi connectivity index (χ4n) is 1.92. The molecule has 2 nitrogen and oxygen atoms in total. The number of likely N-dealkylation sites (N-methyl/N-ethyl adjacent to an activating group) is 1. The lowest BCUT2D eigenvalue weighted by Crippen LogP contribution is -2.29. The summed E-state index contributed by atoms with van der Waals surface area (Å²) in [7, 11) is 3.58. The molecule has 0 aromatic heterocycles. The smallest absolute Gasteiger partial charge is 0.123 e.